The summed E-state index contributed by atoms with van der Waals surface area (Å²) in [6.07, 6.45) is -1.40. The van der Waals surface area contributed by atoms with Crippen molar-refractivity contribution in [2.75, 3.05) is 11.3 Å². The summed E-state index contributed by atoms with van der Waals surface area (Å²) in [5, 5.41) is 10.1. The Morgan fingerprint density at radius 1 is 1.00 bits per heavy atom. The van der Waals surface area contributed by atoms with Gasteiger partial charge in [0.1, 0.15) is 0 Å². The fourth-order valence-corrected chi connectivity index (χ4v) is 4.98. The molecule has 198 valence electrons. The summed E-state index contributed by atoms with van der Waals surface area (Å²) in [6.45, 7) is 8.47. The molecule has 1 aliphatic rings. The van der Waals surface area contributed by atoms with E-state index in [1.165, 1.54) is 0 Å². The van der Waals surface area contributed by atoms with E-state index in [4.69, 9.17) is 9.90 Å². The van der Waals surface area contributed by atoms with Crippen LogP contribution in [0.5, 0.6) is 0 Å². The largest absolute Gasteiger partial charge is 0.490 e. The van der Waals surface area contributed by atoms with Gasteiger partial charge < -0.3 is 10.4 Å². The summed E-state index contributed by atoms with van der Waals surface area (Å²) in [5.41, 5.74) is 3.72. The first-order valence-corrected chi connectivity index (χ1v) is 12.9. The minimum Gasteiger partial charge on any atom is -0.475 e. The van der Waals surface area contributed by atoms with Crippen LogP contribution in [0, 0.1) is 20.8 Å². The van der Waals surface area contributed by atoms with E-state index in [1.807, 2.05) is 32.0 Å². The van der Waals surface area contributed by atoms with Crippen molar-refractivity contribution >= 4 is 27.6 Å². The number of carboxylic acids is 1. The van der Waals surface area contributed by atoms with Crippen molar-refractivity contribution in [3.05, 3.63) is 58.7 Å². The standard InChI is InChI=1S/C23H30N2O3S.C2HF3O2/c1-5-6-13-24-22(26)23(11-12-23)19-7-9-20(10-8-19)25-29(27,28)21-15-17(3)16(2)14-18(21)4;3-2(4,5)1(6)7/h7-10,14-15,25H,5-6,11-13H2,1-4H3,(H,24,26);(H,6,7). The molecule has 3 rings (SSSR count). The minimum atomic E-state index is -5.08. The Bertz CT molecular complexity index is 1210. The highest BCUT2D eigenvalue weighted by atomic mass is 32.2. The van der Waals surface area contributed by atoms with Gasteiger partial charge in [-0.3, -0.25) is 9.52 Å². The van der Waals surface area contributed by atoms with Crippen molar-refractivity contribution in [1.29, 1.82) is 0 Å². The highest BCUT2D eigenvalue weighted by Crippen LogP contribution is 2.48. The first-order valence-electron chi connectivity index (χ1n) is 11.4. The van der Waals surface area contributed by atoms with Crippen LogP contribution in [0.15, 0.2) is 41.3 Å². The summed E-state index contributed by atoms with van der Waals surface area (Å²) >= 11 is 0. The number of unbranched alkanes of at least 4 members (excludes halogenated alkanes) is 1. The molecule has 0 saturated heterocycles. The van der Waals surface area contributed by atoms with Crippen molar-refractivity contribution in [1.82, 2.24) is 5.32 Å². The van der Waals surface area contributed by atoms with Gasteiger partial charge in [-0.05, 0) is 80.5 Å². The molecule has 1 amide bonds. The summed E-state index contributed by atoms with van der Waals surface area (Å²) in [7, 11) is -3.68. The van der Waals surface area contributed by atoms with Gasteiger partial charge in [0.2, 0.25) is 5.91 Å². The topological polar surface area (TPSA) is 113 Å². The zero-order chi connectivity index (χ0) is 27.3. The van der Waals surface area contributed by atoms with E-state index in [-0.39, 0.29) is 5.91 Å². The first kappa shape index (κ1) is 29.2. The molecule has 0 heterocycles. The van der Waals surface area contributed by atoms with E-state index in [0.717, 1.165) is 47.9 Å². The van der Waals surface area contributed by atoms with Crippen LogP contribution in [0.3, 0.4) is 0 Å². The maximum absolute atomic E-state index is 12.9. The second-order valence-electron chi connectivity index (χ2n) is 8.88. The van der Waals surface area contributed by atoms with Crippen molar-refractivity contribution < 1.29 is 36.3 Å². The molecule has 0 aliphatic heterocycles. The van der Waals surface area contributed by atoms with E-state index in [2.05, 4.69) is 17.0 Å². The minimum absolute atomic E-state index is 0.0741. The van der Waals surface area contributed by atoms with Crippen LogP contribution in [0.2, 0.25) is 0 Å². The van der Waals surface area contributed by atoms with Gasteiger partial charge in [-0.15, -0.1) is 0 Å². The third-order valence-corrected chi connectivity index (χ3v) is 7.54. The Hall–Kier alpha value is -3.08. The normalized spacial score (nSPS) is 14.3. The van der Waals surface area contributed by atoms with Crippen molar-refractivity contribution in [2.24, 2.45) is 0 Å². The number of alkyl halides is 3. The number of amides is 1. The molecular formula is C25H31F3N2O5S. The number of halogens is 3. The molecule has 0 unspecified atom stereocenters. The van der Waals surface area contributed by atoms with Crippen molar-refractivity contribution in [2.45, 2.75) is 69.9 Å². The molecule has 1 saturated carbocycles. The molecule has 0 aromatic heterocycles. The maximum Gasteiger partial charge on any atom is 0.490 e. The van der Waals surface area contributed by atoms with Gasteiger partial charge in [-0.2, -0.15) is 13.2 Å². The van der Waals surface area contributed by atoms with Gasteiger partial charge in [-0.1, -0.05) is 31.5 Å². The molecule has 1 fully saturated rings. The Kier molecular flexibility index (Phi) is 9.17. The fraction of sp³-hybridized carbons (Fsp3) is 0.440. The van der Waals surface area contributed by atoms with E-state index < -0.39 is 27.6 Å². The van der Waals surface area contributed by atoms with Crippen LogP contribution in [-0.2, 0) is 25.0 Å². The number of nitrogens with one attached hydrogen (secondary N) is 2. The number of hydrogen-bond donors (Lipinski definition) is 3. The average molecular weight is 529 g/mol. The molecule has 0 radical (unpaired) electrons. The molecule has 0 atom stereocenters. The van der Waals surface area contributed by atoms with Crippen LogP contribution in [0.4, 0.5) is 18.9 Å². The summed E-state index contributed by atoms with van der Waals surface area (Å²) < 4.78 is 60.1. The smallest absolute Gasteiger partial charge is 0.475 e. The molecular weight excluding hydrogens is 497 g/mol. The Morgan fingerprint density at radius 3 is 2.00 bits per heavy atom. The first-order chi connectivity index (χ1) is 16.6. The molecule has 0 bridgehead atoms. The highest BCUT2D eigenvalue weighted by molar-refractivity contribution is 7.92. The van der Waals surface area contributed by atoms with E-state index >= 15 is 0 Å². The Morgan fingerprint density at radius 2 is 1.53 bits per heavy atom. The van der Waals surface area contributed by atoms with E-state index in [9.17, 15) is 26.4 Å². The lowest BCUT2D eigenvalue weighted by Gasteiger charge is -2.17. The van der Waals surface area contributed by atoms with Crippen LogP contribution in [0.1, 0.15) is 54.9 Å². The van der Waals surface area contributed by atoms with Gasteiger partial charge in [0.25, 0.3) is 10.0 Å². The lowest BCUT2D eigenvalue weighted by atomic mass is 9.94. The molecule has 2 aromatic carbocycles. The zero-order valence-electron chi connectivity index (χ0n) is 20.6. The number of anilines is 1. The fourth-order valence-electron chi connectivity index (χ4n) is 3.61. The molecule has 11 heteroatoms. The van der Waals surface area contributed by atoms with Crippen molar-refractivity contribution in [3.63, 3.8) is 0 Å². The molecule has 7 nitrogen and oxygen atoms in total. The SMILES string of the molecule is CCCCNC(=O)C1(c2ccc(NS(=O)(=O)c3cc(C)c(C)cc3C)cc2)CC1.O=C(O)C(F)(F)F. The van der Waals surface area contributed by atoms with Crippen LogP contribution < -0.4 is 10.0 Å². The maximum atomic E-state index is 12.9. The average Bonchev–Trinajstić information content (AvgIpc) is 3.58. The predicted molar refractivity (Wildman–Crippen MR) is 130 cm³/mol. The second-order valence-corrected chi connectivity index (χ2v) is 10.5. The van der Waals surface area contributed by atoms with Crippen LogP contribution in [0.25, 0.3) is 0 Å². The predicted octanol–water partition coefficient (Wildman–Crippen LogP) is 4.99. The second kappa shape index (κ2) is 11.3. The Balaban J connectivity index is 0.000000572. The third kappa shape index (κ3) is 7.22. The molecule has 1 aliphatic carbocycles. The molecule has 2 aromatic rings. The quantitative estimate of drug-likeness (QED) is 0.418. The summed E-state index contributed by atoms with van der Waals surface area (Å²) in [4.78, 5) is 21.8. The molecule has 0 spiro atoms. The van der Waals surface area contributed by atoms with Gasteiger partial charge >= 0.3 is 12.1 Å². The number of aryl methyl sites for hydroxylation is 3. The Labute approximate surface area is 209 Å². The lowest BCUT2D eigenvalue weighted by molar-refractivity contribution is -0.192. The van der Waals surface area contributed by atoms with Gasteiger partial charge in [-0.25, -0.2) is 13.2 Å². The lowest BCUT2D eigenvalue weighted by Crippen LogP contribution is -2.35. The van der Waals surface area contributed by atoms with Crippen molar-refractivity contribution in [3.8, 4) is 0 Å². The number of carbonyl (C=O) groups excluding carboxylic acids is 1. The number of aliphatic carboxylic acids is 1. The van der Waals surface area contributed by atoms with E-state index in [1.54, 1.807) is 25.1 Å². The number of hydrogen-bond acceptors (Lipinski definition) is 4. The number of carbonyl (C=O) groups is 2. The zero-order valence-corrected chi connectivity index (χ0v) is 21.4. The number of benzene rings is 2. The molecule has 3 N–H and O–H groups in total. The number of carboxylic acid groups (broad SMARTS) is 1. The van der Waals surface area contributed by atoms with Gasteiger partial charge in [0.05, 0.1) is 10.3 Å². The van der Waals surface area contributed by atoms with Crippen LogP contribution >= 0.6 is 0 Å². The van der Waals surface area contributed by atoms with Gasteiger partial charge in [0, 0.05) is 12.2 Å². The summed E-state index contributed by atoms with van der Waals surface area (Å²) in [5.74, 6) is -2.68. The monoisotopic (exact) mass is 528 g/mol. The van der Waals surface area contributed by atoms with Crippen LogP contribution in [-0.4, -0.2) is 38.1 Å². The highest BCUT2D eigenvalue weighted by Gasteiger charge is 2.51. The third-order valence-electron chi connectivity index (χ3n) is 6.01. The molecule has 36 heavy (non-hydrogen) atoms. The number of rotatable bonds is 8. The summed E-state index contributed by atoms with van der Waals surface area (Å²) in [6, 6.07) is 10.8. The number of sulfonamides is 1. The van der Waals surface area contributed by atoms with E-state index in [0.29, 0.717) is 17.1 Å². The van der Waals surface area contributed by atoms with Gasteiger partial charge in [0.15, 0.2) is 0 Å².